The summed E-state index contributed by atoms with van der Waals surface area (Å²) in [6.45, 7) is -0.470. The first-order chi connectivity index (χ1) is 12.5. The molecule has 0 saturated carbocycles. The monoisotopic (exact) mass is 359 g/mol. The number of esters is 1. The van der Waals surface area contributed by atoms with Crippen molar-refractivity contribution in [1.82, 2.24) is 5.32 Å². The van der Waals surface area contributed by atoms with Gasteiger partial charge in [-0.1, -0.05) is 24.3 Å². The highest BCUT2D eigenvalue weighted by atomic mass is 19.1. The number of amides is 1. The van der Waals surface area contributed by atoms with Crippen molar-refractivity contribution in [3.63, 3.8) is 0 Å². The molecule has 0 radical (unpaired) electrons. The maximum atomic E-state index is 13.4. The quantitative estimate of drug-likeness (QED) is 0.586. The molecule has 136 valence electrons. The molecule has 2 aromatic carbocycles. The second-order valence-electron chi connectivity index (χ2n) is 5.24. The van der Waals surface area contributed by atoms with Gasteiger partial charge >= 0.3 is 5.97 Å². The van der Waals surface area contributed by atoms with Crippen LogP contribution in [-0.2, 0) is 20.9 Å². The molecule has 2 rings (SSSR count). The van der Waals surface area contributed by atoms with Gasteiger partial charge in [-0.2, -0.15) is 0 Å². The number of methoxy groups -OCH3 is 1. The third-order valence-corrected chi connectivity index (χ3v) is 3.40. The fourth-order valence-electron chi connectivity index (χ4n) is 2.03. The zero-order valence-corrected chi connectivity index (χ0v) is 14.1. The van der Waals surface area contributed by atoms with Gasteiger partial charge in [-0.25, -0.2) is 9.18 Å². The van der Waals surface area contributed by atoms with Gasteiger partial charge in [0.15, 0.2) is 18.1 Å². The molecule has 2 N–H and O–H groups in total. The molecule has 2 aromatic rings. The molecule has 0 spiro atoms. The number of phenols is 1. The lowest BCUT2D eigenvalue weighted by Crippen LogP contribution is -2.28. The van der Waals surface area contributed by atoms with E-state index in [9.17, 15) is 19.1 Å². The van der Waals surface area contributed by atoms with E-state index in [0.717, 1.165) is 6.08 Å². The first-order valence-corrected chi connectivity index (χ1v) is 7.71. The van der Waals surface area contributed by atoms with Crippen LogP contribution in [0.25, 0.3) is 6.08 Å². The molecule has 0 saturated heterocycles. The third kappa shape index (κ3) is 5.62. The first kappa shape index (κ1) is 19.0. The van der Waals surface area contributed by atoms with Gasteiger partial charge < -0.3 is 19.9 Å². The van der Waals surface area contributed by atoms with Crippen LogP contribution >= 0.6 is 0 Å². The fourth-order valence-corrected chi connectivity index (χ4v) is 2.03. The van der Waals surface area contributed by atoms with Crippen molar-refractivity contribution in [1.29, 1.82) is 0 Å². The predicted molar refractivity (Wildman–Crippen MR) is 92.9 cm³/mol. The average molecular weight is 359 g/mol. The van der Waals surface area contributed by atoms with Crippen LogP contribution in [0.5, 0.6) is 11.5 Å². The van der Waals surface area contributed by atoms with E-state index in [1.165, 1.54) is 25.3 Å². The van der Waals surface area contributed by atoms with Crippen LogP contribution in [0.15, 0.2) is 48.5 Å². The minimum absolute atomic E-state index is 0.00615. The molecule has 26 heavy (non-hydrogen) atoms. The number of phenolic OH excluding ortho intramolecular Hbond substituents is 1. The number of nitrogens with one attached hydrogen (secondary N) is 1. The van der Waals surface area contributed by atoms with E-state index in [-0.39, 0.29) is 18.0 Å². The summed E-state index contributed by atoms with van der Waals surface area (Å²) >= 11 is 0. The van der Waals surface area contributed by atoms with Gasteiger partial charge in [0.2, 0.25) is 0 Å². The number of benzene rings is 2. The lowest BCUT2D eigenvalue weighted by molar-refractivity contribution is -0.143. The summed E-state index contributed by atoms with van der Waals surface area (Å²) in [5.41, 5.74) is 0.953. The maximum Gasteiger partial charge on any atom is 0.331 e. The van der Waals surface area contributed by atoms with Gasteiger partial charge in [-0.05, 0) is 29.8 Å². The summed E-state index contributed by atoms with van der Waals surface area (Å²) in [5, 5.41) is 12.0. The largest absolute Gasteiger partial charge is 0.504 e. The van der Waals surface area contributed by atoms with Crippen LogP contribution in [0.1, 0.15) is 11.1 Å². The summed E-state index contributed by atoms with van der Waals surface area (Å²) in [7, 11) is 1.41. The van der Waals surface area contributed by atoms with Gasteiger partial charge in [0, 0.05) is 18.2 Å². The Bertz CT molecular complexity index is 819. The van der Waals surface area contributed by atoms with Crippen molar-refractivity contribution in [2.24, 2.45) is 0 Å². The second-order valence-corrected chi connectivity index (χ2v) is 5.24. The Labute approximate surface area is 149 Å². The van der Waals surface area contributed by atoms with Crippen molar-refractivity contribution in [3.8, 4) is 11.5 Å². The SMILES string of the molecule is COc1cc(/C=C/C(=O)OCC(=O)NCc2ccccc2F)ccc1O. The lowest BCUT2D eigenvalue weighted by Gasteiger charge is -2.06. The van der Waals surface area contributed by atoms with E-state index in [1.807, 2.05) is 0 Å². The number of hydrogen-bond acceptors (Lipinski definition) is 5. The summed E-state index contributed by atoms with van der Waals surface area (Å²) in [4.78, 5) is 23.3. The van der Waals surface area contributed by atoms with Crippen molar-refractivity contribution < 1.29 is 28.6 Å². The summed E-state index contributed by atoms with van der Waals surface area (Å²) < 4.78 is 23.2. The normalized spacial score (nSPS) is 10.5. The zero-order chi connectivity index (χ0) is 18.9. The molecular weight excluding hydrogens is 341 g/mol. The number of aromatic hydroxyl groups is 1. The number of carbonyl (C=O) groups is 2. The first-order valence-electron chi connectivity index (χ1n) is 7.71. The molecule has 7 heteroatoms. The highest BCUT2D eigenvalue weighted by Crippen LogP contribution is 2.26. The zero-order valence-electron chi connectivity index (χ0n) is 14.1. The molecule has 0 aliphatic heterocycles. The van der Waals surface area contributed by atoms with E-state index in [1.54, 1.807) is 30.3 Å². The third-order valence-electron chi connectivity index (χ3n) is 3.40. The number of carbonyl (C=O) groups excluding carboxylic acids is 2. The molecule has 0 aliphatic carbocycles. The molecule has 1 amide bonds. The molecule has 0 bridgehead atoms. The molecule has 0 aromatic heterocycles. The van der Waals surface area contributed by atoms with E-state index in [0.29, 0.717) is 11.1 Å². The molecule has 0 heterocycles. The van der Waals surface area contributed by atoms with Crippen LogP contribution in [0.3, 0.4) is 0 Å². The number of rotatable bonds is 7. The Morgan fingerprint density at radius 1 is 1.23 bits per heavy atom. The molecule has 0 fully saturated rings. The highest BCUT2D eigenvalue weighted by molar-refractivity contribution is 5.89. The smallest absolute Gasteiger partial charge is 0.331 e. The van der Waals surface area contributed by atoms with E-state index < -0.39 is 24.3 Å². The van der Waals surface area contributed by atoms with Crippen molar-refractivity contribution in [3.05, 3.63) is 65.5 Å². The number of hydrogen-bond donors (Lipinski definition) is 2. The minimum atomic E-state index is -0.710. The van der Waals surface area contributed by atoms with Crippen molar-refractivity contribution >= 4 is 18.0 Å². The van der Waals surface area contributed by atoms with Gasteiger partial charge in [-0.3, -0.25) is 4.79 Å². The van der Waals surface area contributed by atoms with E-state index in [4.69, 9.17) is 9.47 Å². The molecule has 6 nitrogen and oxygen atoms in total. The second kappa shape index (κ2) is 9.22. The van der Waals surface area contributed by atoms with E-state index >= 15 is 0 Å². The van der Waals surface area contributed by atoms with Crippen LogP contribution in [0.2, 0.25) is 0 Å². The Morgan fingerprint density at radius 3 is 2.73 bits per heavy atom. The van der Waals surface area contributed by atoms with Crippen LogP contribution in [0, 0.1) is 5.82 Å². The predicted octanol–water partition coefficient (Wildman–Crippen LogP) is 2.41. The topological polar surface area (TPSA) is 84.9 Å². The minimum Gasteiger partial charge on any atom is -0.504 e. The Morgan fingerprint density at radius 2 is 2.00 bits per heavy atom. The number of ether oxygens (including phenoxy) is 2. The van der Waals surface area contributed by atoms with Crippen molar-refractivity contribution in [2.45, 2.75) is 6.54 Å². The molecule has 0 unspecified atom stereocenters. The Balaban J connectivity index is 1.79. The van der Waals surface area contributed by atoms with Gasteiger partial charge in [-0.15, -0.1) is 0 Å². The molecule has 0 atom stereocenters. The summed E-state index contributed by atoms with van der Waals surface area (Å²) in [5.74, 6) is -1.41. The fraction of sp³-hybridized carbons (Fsp3) is 0.158. The molecule has 0 aliphatic rings. The van der Waals surface area contributed by atoms with Crippen molar-refractivity contribution in [2.75, 3.05) is 13.7 Å². The van der Waals surface area contributed by atoms with Gasteiger partial charge in [0.25, 0.3) is 5.91 Å². The average Bonchev–Trinajstić information content (AvgIpc) is 2.65. The van der Waals surface area contributed by atoms with Crippen LogP contribution in [-0.4, -0.2) is 30.7 Å². The van der Waals surface area contributed by atoms with E-state index in [2.05, 4.69) is 5.32 Å². The van der Waals surface area contributed by atoms with Gasteiger partial charge in [0.05, 0.1) is 7.11 Å². The summed E-state index contributed by atoms with van der Waals surface area (Å²) in [6, 6.07) is 10.6. The highest BCUT2D eigenvalue weighted by Gasteiger charge is 2.07. The summed E-state index contributed by atoms with van der Waals surface area (Å²) in [6.07, 6.45) is 2.61. The lowest BCUT2D eigenvalue weighted by atomic mass is 10.2. The Kier molecular flexibility index (Phi) is 6.73. The maximum absolute atomic E-state index is 13.4. The molecular formula is C19H18FNO5. The van der Waals surface area contributed by atoms with Crippen LogP contribution < -0.4 is 10.1 Å². The van der Waals surface area contributed by atoms with Gasteiger partial charge in [0.1, 0.15) is 5.82 Å². The standard InChI is InChI=1S/C19H18FNO5/c1-25-17-10-13(6-8-16(17)22)7-9-19(24)26-12-18(23)21-11-14-4-2-3-5-15(14)20/h2-10,22H,11-12H2,1H3,(H,21,23)/b9-7+. The Hall–Kier alpha value is -3.35. The van der Waals surface area contributed by atoms with Crippen LogP contribution in [0.4, 0.5) is 4.39 Å². The number of halogens is 1.